The number of halogens is 1. The molecule has 3 heterocycles. The van der Waals surface area contributed by atoms with Gasteiger partial charge in [-0.15, -0.1) is 4.37 Å². The lowest BCUT2D eigenvalue weighted by Crippen LogP contribution is -3.00. The van der Waals surface area contributed by atoms with Crippen molar-refractivity contribution in [3.63, 3.8) is 0 Å². The maximum atomic E-state index is 12.2. The minimum Gasteiger partial charge on any atom is -1.00 e. The zero-order valence-corrected chi connectivity index (χ0v) is 22.1. The Morgan fingerprint density at radius 1 is 1.25 bits per heavy atom. The number of ether oxygens (including phenoxy) is 2. The van der Waals surface area contributed by atoms with Crippen molar-refractivity contribution < 1.29 is 42.7 Å². The van der Waals surface area contributed by atoms with Gasteiger partial charge in [-0.05, 0) is 18.6 Å². The zero-order chi connectivity index (χ0) is 22.1. The van der Waals surface area contributed by atoms with Crippen LogP contribution in [-0.4, -0.2) is 50.9 Å². The monoisotopic (exact) mass is 572 g/mol. The highest BCUT2D eigenvalue weighted by Crippen LogP contribution is 2.36. The third kappa shape index (κ3) is 6.95. The highest BCUT2D eigenvalue weighted by Gasteiger charge is 2.40. The van der Waals surface area contributed by atoms with Gasteiger partial charge in [0.2, 0.25) is 0 Å². The average molecular weight is 573 g/mol. The van der Waals surface area contributed by atoms with Gasteiger partial charge < -0.3 is 33.5 Å². The Kier molecular flexibility index (Phi) is 11.0. The van der Waals surface area contributed by atoms with Gasteiger partial charge in [0.05, 0.1) is 37.5 Å². The molecule has 0 radical (unpaired) electrons. The topological polar surface area (TPSA) is 74.2 Å². The number of carbonyl (C=O) groups excluding carboxylic acids is 1. The molecule has 3 rings (SSSR count). The van der Waals surface area contributed by atoms with Gasteiger partial charge in [0.1, 0.15) is 12.2 Å². The molecule has 0 saturated carbocycles. The molecule has 32 heavy (non-hydrogen) atoms. The van der Waals surface area contributed by atoms with Crippen LogP contribution in [0.5, 0.6) is 5.88 Å². The molecule has 0 amide bonds. The molecule has 0 aromatic carbocycles. The van der Waals surface area contributed by atoms with E-state index in [4.69, 9.17) is 9.47 Å². The van der Waals surface area contributed by atoms with Crippen LogP contribution in [0.25, 0.3) is 5.57 Å². The largest absolute Gasteiger partial charge is 1.00 e. The Balaban J connectivity index is 0.00000363. The van der Waals surface area contributed by atoms with E-state index in [0.29, 0.717) is 29.9 Å². The number of rotatable bonds is 11. The highest BCUT2D eigenvalue weighted by molar-refractivity contribution is 6.99. The fraction of sp³-hybridized carbons (Fsp3) is 0.565. The van der Waals surface area contributed by atoms with E-state index >= 15 is 0 Å². The molecule has 7 nitrogen and oxygen atoms in total. The molecule has 2 aromatic rings. The van der Waals surface area contributed by atoms with Crippen molar-refractivity contribution in [1.29, 1.82) is 0 Å². The number of quaternary nitrogens is 1. The Labute approximate surface area is 212 Å². The van der Waals surface area contributed by atoms with E-state index in [0.717, 1.165) is 42.6 Å². The van der Waals surface area contributed by atoms with E-state index < -0.39 is 6.23 Å². The predicted octanol–water partition coefficient (Wildman–Crippen LogP) is 1.78. The van der Waals surface area contributed by atoms with E-state index in [1.165, 1.54) is 24.6 Å². The van der Waals surface area contributed by atoms with Gasteiger partial charge >= 0.3 is 5.97 Å². The zero-order valence-electron chi connectivity index (χ0n) is 19.1. The van der Waals surface area contributed by atoms with Crippen molar-refractivity contribution in [3.05, 3.63) is 41.9 Å². The summed E-state index contributed by atoms with van der Waals surface area (Å²) >= 11 is 1.18. The normalized spacial score (nSPS) is 18.9. The van der Waals surface area contributed by atoms with Gasteiger partial charge in [0.25, 0.3) is 12.1 Å². The minimum absolute atomic E-state index is 0. The summed E-state index contributed by atoms with van der Waals surface area (Å²) in [5, 5.41) is 0. The Morgan fingerprint density at radius 3 is 2.81 bits per heavy atom. The third-order valence-electron chi connectivity index (χ3n) is 5.63. The van der Waals surface area contributed by atoms with Crippen molar-refractivity contribution in [2.45, 2.75) is 58.6 Å². The van der Waals surface area contributed by atoms with Gasteiger partial charge in [-0.2, -0.15) is 4.37 Å². The standard InChI is InChI=1S/C23H33N4O3S.HI/c1-4-6-7-8-15-29-22-21(25-31-26-22)19-12-10-14-27(3,17-19)23(30-20(28)5-2)18-11-9-13-24-16-18;/h9,11-13,16,23H,4-8,10,14-15,17H2,1-3H3;1H/q+1;/p-1. The number of pyridine rings is 1. The van der Waals surface area contributed by atoms with E-state index in [1.54, 1.807) is 12.4 Å². The molecule has 1 aliphatic rings. The van der Waals surface area contributed by atoms with Crippen molar-refractivity contribution in [2.75, 3.05) is 26.7 Å². The van der Waals surface area contributed by atoms with Crippen LogP contribution in [0.2, 0.25) is 0 Å². The first kappa shape index (κ1) is 26.7. The molecule has 2 unspecified atom stereocenters. The Bertz CT molecular complexity index is 877. The number of hydrogen-bond donors (Lipinski definition) is 0. The van der Waals surface area contributed by atoms with E-state index in [-0.39, 0.29) is 29.9 Å². The van der Waals surface area contributed by atoms with Crippen LogP contribution in [0, 0.1) is 0 Å². The molecule has 2 atom stereocenters. The first-order valence-corrected chi connectivity index (χ1v) is 11.9. The second-order valence-corrected chi connectivity index (χ2v) is 8.72. The number of unbranched alkanes of at least 4 members (excludes halogenated alkanes) is 3. The van der Waals surface area contributed by atoms with E-state index in [2.05, 4.69) is 33.8 Å². The molecule has 0 spiro atoms. The maximum Gasteiger partial charge on any atom is 0.310 e. The minimum atomic E-state index is -0.421. The number of likely N-dealkylation sites (N-methyl/N-ethyl adjacent to an activating group) is 1. The van der Waals surface area contributed by atoms with Crippen LogP contribution < -0.4 is 28.7 Å². The third-order valence-corrected chi connectivity index (χ3v) is 6.14. The summed E-state index contributed by atoms with van der Waals surface area (Å²) in [6, 6.07) is 3.85. The van der Waals surface area contributed by atoms with E-state index in [1.807, 2.05) is 19.1 Å². The quantitative estimate of drug-likeness (QED) is 0.177. The molecule has 0 saturated heterocycles. The molecule has 9 heteroatoms. The molecule has 0 aliphatic carbocycles. The number of carbonyl (C=O) groups is 1. The van der Waals surface area contributed by atoms with Crippen LogP contribution in [0.1, 0.15) is 69.9 Å². The van der Waals surface area contributed by atoms with Gasteiger partial charge in [0.15, 0.2) is 0 Å². The molecule has 176 valence electrons. The fourth-order valence-corrected chi connectivity index (χ4v) is 4.42. The molecular formula is C23H33IN4O3S. The number of nitrogens with zero attached hydrogens (tertiary/aromatic N) is 4. The number of aromatic nitrogens is 3. The number of hydrogen-bond acceptors (Lipinski definition) is 7. The molecular weight excluding hydrogens is 539 g/mol. The molecule has 0 bridgehead atoms. The summed E-state index contributed by atoms with van der Waals surface area (Å²) in [7, 11) is 2.12. The molecule has 0 N–H and O–H groups in total. The van der Waals surface area contributed by atoms with Gasteiger partial charge in [-0.1, -0.05) is 39.2 Å². The van der Waals surface area contributed by atoms with Crippen molar-refractivity contribution in [3.8, 4) is 5.88 Å². The summed E-state index contributed by atoms with van der Waals surface area (Å²) in [4.78, 5) is 16.5. The second-order valence-electron chi connectivity index (χ2n) is 8.19. The number of esters is 1. The lowest BCUT2D eigenvalue weighted by Gasteiger charge is -2.42. The summed E-state index contributed by atoms with van der Waals surface area (Å²) in [6.07, 6.45) is 11.1. The SMILES string of the molecule is CCCCCCOc1nsnc1C1=CCC[N+](C)(C(OC(=O)CC)c2cccnc2)C1.[I-]. The van der Waals surface area contributed by atoms with Crippen molar-refractivity contribution in [2.24, 2.45) is 0 Å². The molecule has 1 aliphatic heterocycles. The van der Waals surface area contributed by atoms with Crippen LogP contribution in [0.15, 0.2) is 30.6 Å². The molecule has 0 fully saturated rings. The van der Waals surface area contributed by atoms with Gasteiger partial charge in [-0.25, -0.2) is 0 Å². The first-order chi connectivity index (χ1) is 15.1. The lowest BCUT2D eigenvalue weighted by molar-refractivity contribution is -0.953. The first-order valence-electron chi connectivity index (χ1n) is 11.2. The van der Waals surface area contributed by atoms with Gasteiger partial charge in [0, 0.05) is 30.8 Å². The maximum absolute atomic E-state index is 12.2. The van der Waals surface area contributed by atoms with E-state index in [9.17, 15) is 4.79 Å². The summed E-state index contributed by atoms with van der Waals surface area (Å²) < 4.78 is 21.4. The second kappa shape index (κ2) is 13.2. The molecule has 2 aromatic heterocycles. The Hall–Kier alpha value is -1.59. The fourth-order valence-electron chi connectivity index (χ4n) is 3.89. The summed E-state index contributed by atoms with van der Waals surface area (Å²) in [6.45, 7) is 6.20. The van der Waals surface area contributed by atoms with Crippen LogP contribution in [0.3, 0.4) is 0 Å². The average Bonchev–Trinajstić information content (AvgIpc) is 3.26. The highest BCUT2D eigenvalue weighted by atomic mass is 127. The van der Waals surface area contributed by atoms with Crippen molar-refractivity contribution in [1.82, 2.24) is 13.7 Å². The predicted molar refractivity (Wildman–Crippen MR) is 121 cm³/mol. The summed E-state index contributed by atoms with van der Waals surface area (Å²) in [5.41, 5.74) is 2.81. The van der Waals surface area contributed by atoms with Crippen LogP contribution in [0.4, 0.5) is 0 Å². The smallest absolute Gasteiger partial charge is 0.310 e. The van der Waals surface area contributed by atoms with Gasteiger partial charge in [-0.3, -0.25) is 14.3 Å². The van der Waals surface area contributed by atoms with Crippen LogP contribution >= 0.6 is 11.7 Å². The van der Waals surface area contributed by atoms with Crippen molar-refractivity contribution >= 4 is 23.3 Å². The van der Waals surface area contributed by atoms with Crippen LogP contribution in [-0.2, 0) is 9.53 Å². The summed E-state index contributed by atoms with van der Waals surface area (Å²) in [5.74, 6) is 0.403. The Morgan fingerprint density at radius 2 is 2.09 bits per heavy atom. The lowest BCUT2D eigenvalue weighted by atomic mass is 10.0.